The van der Waals surface area contributed by atoms with E-state index in [1.807, 2.05) is 23.7 Å². The molecule has 2 heterocycles. The molecule has 2 atom stereocenters. The Balaban J connectivity index is 1.33. The van der Waals surface area contributed by atoms with Crippen molar-refractivity contribution in [3.05, 3.63) is 29.3 Å². The maximum atomic E-state index is 12.6. The fourth-order valence-electron chi connectivity index (χ4n) is 4.36. The van der Waals surface area contributed by atoms with Crippen LogP contribution in [0, 0.1) is 5.92 Å². The molecule has 1 saturated heterocycles. The molecule has 2 fully saturated rings. The highest BCUT2D eigenvalue weighted by molar-refractivity contribution is 7.16. The van der Waals surface area contributed by atoms with Gasteiger partial charge in [-0.1, -0.05) is 12.8 Å². The topological polar surface area (TPSA) is 45.2 Å². The molecule has 2 aliphatic rings. The largest absolute Gasteiger partial charge is 0.349 e. The average Bonchev–Trinajstić information content (AvgIpc) is 3.10. The van der Waals surface area contributed by atoms with Crippen LogP contribution in [0.3, 0.4) is 0 Å². The van der Waals surface area contributed by atoms with E-state index in [-0.39, 0.29) is 5.91 Å². The van der Waals surface area contributed by atoms with E-state index in [1.165, 1.54) is 51.7 Å². The summed E-state index contributed by atoms with van der Waals surface area (Å²) in [7, 11) is 0. The summed E-state index contributed by atoms with van der Waals surface area (Å²) in [4.78, 5) is 19.6. The van der Waals surface area contributed by atoms with E-state index in [2.05, 4.69) is 15.2 Å². The van der Waals surface area contributed by atoms with Crippen molar-refractivity contribution in [2.24, 2.45) is 5.92 Å². The van der Waals surface area contributed by atoms with E-state index in [4.69, 9.17) is 0 Å². The lowest BCUT2D eigenvalue weighted by Crippen LogP contribution is -2.42. The van der Waals surface area contributed by atoms with Gasteiger partial charge in [0.05, 0.1) is 15.7 Å². The van der Waals surface area contributed by atoms with E-state index in [1.54, 1.807) is 11.3 Å². The number of hydrogen-bond donors (Lipinski definition) is 1. The summed E-state index contributed by atoms with van der Waals surface area (Å²) < 4.78 is 1.08. The van der Waals surface area contributed by atoms with Gasteiger partial charge in [-0.3, -0.25) is 4.79 Å². The molecule has 0 radical (unpaired) electrons. The van der Waals surface area contributed by atoms with Crippen molar-refractivity contribution in [2.75, 3.05) is 19.6 Å². The van der Waals surface area contributed by atoms with Crippen LogP contribution in [-0.2, 0) is 0 Å². The van der Waals surface area contributed by atoms with Gasteiger partial charge in [-0.15, -0.1) is 11.3 Å². The minimum absolute atomic E-state index is 0.0684. The van der Waals surface area contributed by atoms with Crippen molar-refractivity contribution < 1.29 is 4.79 Å². The second-order valence-corrected chi connectivity index (χ2v) is 8.49. The molecular weight excluding hydrogens is 330 g/mol. The number of fused-ring (bicyclic) bond motifs is 1. The Bertz CT molecular complexity index is 723. The van der Waals surface area contributed by atoms with Gasteiger partial charge in [0.2, 0.25) is 0 Å². The lowest BCUT2D eigenvalue weighted by molar-refractivity contribution is 0.0909. The summed E-state index contributed by atoms with van der Waals surface area (Å²) in [6.07, 6.45) is 8.90. The van der Waals surface area contributed by atoms with Gasteiger partial charge in [0, 0.05) is 18.2 Å². The first kappa shape index (κ1) is 17.0. The van der Waals surface area contributed by atoms with Crippen LogP contribution in [0.25, 0.3) is 10.2 Å². The number of rotatable bonds is 4. The van der Waals surface area contributed by atoms with Gasteiger partial charge in [0.1, 0.15) is 0 Å². The second-order valence-electron chi connectivity index (χ2n) is 7.60. The zero-order chi connectivity index (χ0) is 17.1. The number of piperidine rings is 1. The summed E-state index contributed by atoms with van der Waals surface area (Å²) in [5.74, 6) is 0.806. The van der Waals surface area contributed by atoms with Gasteiger partial charge in [-0.05, 0) is 69.3 Å². The minimum atomic E-state index is 0.0684. The molecule has 1 N–H and O–H groups in total. The number of aromatic nitrogens is 1. The fourth-order valence-corrected chi connectivity index (χ4v) is 5.08. The molecule has 5 heteroatoms. The first-order valence-corrected chi connectivity index (χ1v) is 10.5. The summed E-state index contributed by atoms with van der Waals surface area (Å²) in [5.41, 5.74) is 3.56. The molecule has 1 amide bonds. The monoisotopic (exact) mass is 357 g/mol. The van der Waals surface area contributed by atoms with E-state index >= 15 is 0 Å². The van der Waals surface area contributed by atoms with Crippen LogP contribution in [0.1, 0.15) is 55.3 Å². The summed E-state index contributed by atoms with van der Waals surface area (Å²) in [6.45, 7) is 3.75. The Morgan fingerprint density at radius 2 is 2.08 bits per heavy atom. The predicted octanol–water partition coefficient (Wildman–Crippen LogP) is 4.07. The third kappa shape index (κ3) is 4.21. The van der Waals surface area contributed by atoms with Gasteiger partial charge < -0.3 is 10.2 Å². The number of nitrogens with one attached hydrogen (secondary N) is 1. The van der Waals surface area contributed by atoms with Gasteiger partial charge in [0.15, 0.2) is 0 Å². The number of thiazole rings is 1. The van der Waals surface area contributed by atoms with Crippen LogP contribution >= 0.6 is 11.3 Å². The van der Waals surface area contributed by atoms with E-state index in [0.29, 0.717) is 6.04 Å². The molecule has 0 unspecified atom stereocenters. The molecule has 25 heavy (non-hydrogen) atoms. The van der Waals surface area contributed by atoms with Crippen LogP contribution in [0.4, 0.5) is 0 Å². The molecule has 4 rings (SSSR count). The fraction of sp³-hybridized carbons (Fsp3) is 0.600. The Hall–Kier alpha value is -1.46. The molecule has 1 aromatic carbocycles. The smallest absolute Gasteiger partial charge is 0.251 e. The van der Waals surface area contributed by atoms with Crippen molar-refractivity contribution in [2.45, 2.75) is 51.0 Å². The Labute approximate surface area is 153 Å². The summed E-state index contributed by atoms with van der Waals surface area (Å²) in [6, 6.07) is 6.14. The lowest BCUT2D eigenvalue weighted by Gasteiger charge is -2.35. The lowest BCUT2D eigenvalue weighted by atomic mass is 9.85. The maximum absolute atomic E-state index is 12.6. The zero-order valence-electron chi connectivity index (χ0n) is 14.7. The SMILES string of the molecule is O=C(N[C@@H]1CCC[C@@H](CN2CCCCC2)C1)c1ccc2ncsc2c1. The maximum Gasteiger partial charge on any atom is 0.251 e. The molecule has 1 saturated carbocycles. The van der Waals surface area contributed by atoms with Gasteiger partial charge in [-0.2, -0.15) is 0 Å². The number of nitrogens with zero attached hydrogens (tertiary/aromatic N) is 2. The predicted molar refractivity (Wildman–Crippen MR) is 103 cm³/mol. The molecule has 0 spiro atoms. The second kappa shape index (κ2) is 7.83. The van der Waals surface area contributed by atoms with E-state index < -0.39 is 0 Å². The van der Waals surface area contributed by atoms with Crippen molar-refractivity contribution in [3.63, 3.8) is 0 Å². The normalized spacial score (nSPS) is 25.1. The third-order valence-electron chi connectivity index (χ3n) is 5.68. The molecule has 1 aromatic heterocycles. The van der Waals surface area contributed by atoms with Crippen molar-refractivity contribution >= 4 is 27.5 Å². The Morgan fingerprint density at radius 3 is 2.96 bits per heavy atom. The summed E-state index contributed by atoms with van der Waals surface area (Å²) in [5, 5.41) is 3.29. The molecule has 1 aliphatic carbocycles. The number of carbonyl (C=O) groups excluding carboxylic acids is 1. The minimum Gasteiger partial charge on any atom is -0.349 e. The van der Waals surface area contributed by atoms with E-state index in [0.717, 1.165) is 34.5 Å². The van der Waals surface area contributed by atoms with Crippen LogP contribution in [0.2, 0.25) is 0 Å². The Morgan fingerprint density at radius 1 is 1.20 bits per heavy atom. The highest BCUT2D eigenvalue weighted by Gasteiger charge is 2.25. The first-order chi connectivity index (χ1) is 12.3. The van der Waals surface area contributed by atoms with Gasteiger partial charge in [-0.25, -0.2) is 4.98 Å². The number of likely N-dealkylation sites (tertiary alicyclic amines) is 1. The molecule has 0 bridgehead atoms. The molecule has 2 aromatic rings. The quantitative estimate of drug-likeness (QED) is 0.897. The van der Waals surface area contributed by atoms with Crippen LogP contribution < -0.4 is 5.32 Å². The first-order valence-electron chi connectivity index (χ1n) is 9.64. The summed E-state index contributed by atoms with van der Waals surface area (Å²) >= 11 is 1.59. The van der Waals surface area contributed by atoms with Gasteiger partial charge >= 0.3 is 0 Å². The Kier molecular flexibility index (Phi) is 5.32. The van der Waals surface area contributed by atoms with Crippen LogP contribution in [-0.4, -0.2) is 41.5 Å². The zero-order valence-corrected chi connectivity index (χ0v) is 15.6. The van der Waals surface area contributed by atoms with E-state index in [9.17, 15) is 4.79 Å². The third-order valence-corrected chi connectivity index (χ3v) is 6.47. The van der Waals surface area contributed by atoms with Crippen molar-refractivity contribution in [3.8, 4) is 0 Å². The van der Waals surface area contributed by atoms with Crippen LogP contribution in [0.15, 0.2) is 23.7 Å². The number of benzene rings is 1. The molecule has 1 aliphatic heterocycles. The van der Waals surface area contributed by atoms with Crippen LogP contribution in [0.5, 0.6) is 0 Å². The molecule has 4 nitrogen and oxygen atoms in total. The van der Waals surface area contributed by atoms with Gasteiger partial charge in [0.25, 0.3) is 5.91 Å². The average molecular weight is 358 g/mol. The van der Waals surface area contributed by atoms with Crippen molar-refractivity contribution in [1.82, 2.24) is 15.2 Å². The highest BCUT2D eigenvalue weighted by Crippen LogP contribution is 2.27. The molecular formula is C20H27N3OS. The van der Waals surface area contributed by atoms with Crippen molar-refractivity contribution in [1.29, 1.82) is 0 Å². The molecule has 134 valence electrons. The number of amides is 1. The number of carbonyl (C=O) groups is 1. The standard InChI is InChI=1S/C20H27N3OS/c24-20(16-7-8-18-19(12-16)25-14-21-18)22-17-6-4-5-15(11-17)13-23-9-2-1-3-10-23/h7-8,12,14-15,17H,1-6,9-11,13H2,(H,22,24)/t15-,17-/m1/s1. The highest BCUT2D eigenvalue weighted by atomic mass is 32.1. The number of hydrogen-bond acceptors (Lipinski definition) is 4.